The van der Waals surface area contributed by atoms with Crippen molar-refractivity contribution < 1.29 is 0 Å². The molecular formula is C7H12NP. The molecule has 0 aromatic carbocycles. The average molecular weight is 141 g/mol. The molecule has 0 aliphatic heterocycles. The highest BCUT2D eigenvalue weighted by atomic mass is 31.0. The van der Waals surface area contributed by atoms with Gasteiger partial charge in [0.2, 0.25) is 0 Å². The first-order valence-corrected chi connectivity index (χ1v) is 3.35. The standard InChI is InChI=1S/C7H12NP/c1-4-5(2)7(9)6(3)8/h1,5H,8-9H2,2-3H3/b7-6-. The second-order valence-corrected chi connectivity index (χ2v) is 2.65. The molecule has 0 spiro atoms. The molecule has 50 valence electrons. The van der Waals surface area contributed by atoms with E-state index in [-0.39, 0.29) is 5.92 Å². The van der Waals surface area contributed by atoms with E-state index >= 15 is 0 Å². The second-order valence-electron chi connectivity index (χ2n) is 2.03. The third-order valence-electron chi connectivity index (χ3n) is 1.17. The largest absolute Gasteiger partial charge is 0.402 e. The molecule has 0 aromatic rings. The lowest BCUT2D eigenvalue weighted by atomic mass is 10.1. The van der Waals surface area contributed by atoms with Gasteiger partial charge in [0.25, 0.3) is 0 Å². The van der Waals surface area contributed by atoms with Gasteiger partial charge in [-0.05, 0) is 19.2 Å². The van der Waals surface area contributed by atoms with Crippen LogP contribution in [0, 0.1) is 18.3 Å². The first-order chi connectivity index (χ1) is 4.09. The molecule has 0 aliphatic carbocycles. The summed E-state index contributed by atoms with van der Waals surface area (Å²) in [4.78, 5) is 0. The minimum atomic E-state index is 0.139. The van der Waals surface area contributed by atoms with E-state index in [4.69, 9.17) is 12.2 Å². The summed E-state index contributed by atoms with van der Waals surface area (Å²) in [6, 6.07) is 0. The zero-order valence-electron chi connectivity index (χ0n) is 5.81. The van der Waals surface area contributed by atoms with Crippen molar-refractivity contribution in [3.63, 3.8) is 0 Å². The van der Waals surface area contributed by atoms with Crippen molar-refractivity contribution in [2.75, 3.05) is 0 Å². The Balaban J connectivity index is 4.25. The number of terminal acetylenes is 1. The van der Waals surface area contributed by atoms with Crippen LogP contribution in [0.15, 0.2) is 11.0 Å². The molecule has 0 saturated carbocycles. The number of rotatable bonds is 1. The first-order valence-electron chi connectivity index (χ1n) is 2.77. The zero-order valence-corrected chi connectivity index (χ0v) is 6.96. The number of hydrogen-bond acceptors (Lipinski definition) is 1. The van der Waals surface area contributed by atoms with Crippen LogP contribution in [-0.4, -0.2) is 0 Å². The Morgan fingerprint density at radius 2 is 2.22 bits per heavy atom. The predicted molar refractivity (Wildman–Crippen MR) is 44.6 cm³/mol. The number of allylic oxidation sites excluding steroid dienone is 2. The molecule has 0 radical (unpaired) electrons. The van der Waals surface area contributed by atoms with Gasteiger partial charge in [0, 0.05) is 11.6 Å². The van der Waals surface area contributed by atoms with E-state index in [1.165, 1.54) is 0 Å². The summed E-state index contributed by atoms with van der Waals surface area (Å²) < 4.78 is 0. The van der Waals surface area contributed by atoms with Crippen LogP contribution in [0.1, 0.15) is 13.8 Å². The molecule has 2 unspecified atom stereocenters. The smallest absolute Gasteiger partial charge is 0.0437 e. The van der Waals surface area contributed by atoms with Gasteiger partial charge in [0.05, 0.1) is 0 Å². The summed E-state index contributed by atoms with van der Waals surface area (Å²) in [6.07, 6.45) is 5.16. The number of hydrogen-bond donors (Lipinski definition) is 1. The molecule has 0 heterocycles. The lowest BCUT2D eigenvalue weighted by Gasteiger charge is -2.04. The highest BCUT2D eigenvalue weighted by molar-refractivity contribution is 7.22. The molecule has 0 aromatic heterocycles. The lowest BCUT2D eigenvalue weighted by molar-refractivity contribution is 0.939. The van der Waals surface area contributed by atoms with E-state index in [2.05, 4.69) is 15.2 Å². The van der Waals surface area contributed by atoms with Crippen LogP contribution in [-0.2, 0) is 0 Å². The van der Waals surface area contributed by atoms with Gasteiger partial charge in [0.15, 0.2) is 0 Å². The van der Waals surface area contributed by atoms with Crippen LogP contribution in [0.3, 0.4) is 0 Å². The van der Waals surface area contributed by atoms with Gasteiger partial charge in [-0.1, -0.05) is 5.92 Å². The Morgan fingerprint density at radius 3 is 2.33 bits per heavy atom. The second kappa shape index (κ2) is 3.54. The van der Waals surface area contributed by atoms with Crippen molar-refractivity contribution in [1.82, 2.24) is 0 Å². The third-order valence-corrected chi connectivity index (χ3v) is 2.13. The summed E-state index contributed by atoms with van der Waals surface area (Å²) in [5.41, 5.74) is 6.27. The molecule has 2 atom stereocenters. The van der Waals surface area contributed by atoms with Crippen LogP contribution in [0.5, 0.6) is 0 Å². The zero-order chi connectivity index (χ0) is 7.44. The van der Waals surface area contributed by atoms with Crippen LogP contribution < -0.4 is 5.73 Å². The maximum absolute atomic E-state index is 5.48. The van der Waals surface area contributed by atoms with E-state index in [9.17, 15) is 0 Å². The summed E-state index contributed by atoms with van der Waals surface area (Å²) in [6.45, 7) is 3.79. The normalized spacial score (nSPS) is 15.8. The molecule has 0 amide bonds. The van der Waals surface area contributed by atoms with Crippen LogP contribution >= 0.6 is 9.24 Å². The van der Waals surface area contributed by atoms with Crippen LogP contribution in [0.4, 0.5) is 0 Å². The maximum Gasteiger partial charge on any atom is 0.0437 e. The lowest BCUT2D eigenvalue weighted by Crippen LogP contribution is -1.99. The van der Waals surface area contributed by atoms with Gasteiger partial charge >= 0.3 is 0 Å². The molecule has 0 saturated heterocycles. The van der Waals surface area contributed by atoms with E-state index < -0.39 is 0 Å². The van der Waals surface area contributed by atoms with Crippen LogP contribution in [0.25, 0.3) is 0 Å². The Kier molecular flexibility index (Phi) is 3.35. The highest BCUT2D eigenvalue weighted by Gasteiger charge is 1.99. The first kappa shape index (κ1) is 8.53. The molecule has 0 aliphatic rings. The maximum atomic E-state index is 5.48. The SMILES string of the molecule is C#CC(C)/C(P)=C(\C)N. The van der Waals surface area contributed by atoms with E-state index in [0.29, 0.717) is 0 Å². The van der Waals surface area contributed by atoms with Gasteiger partial charge in [-0.3, -0.25) is 0 Å². The minimum absolute atomic E-state index is 0.139. The molecule has 2 heteroatoms. The Bertz CT molecular complexity index is 160. The monoisotopic (exact) mass is 141 g/mol. The summed E-state index contributed by atoms with van der Waals surface area (Å²) in [5.74, 6) is 2.73. The summed E-state index contributed by atoms with van der Waals surface area (Å²) >= 11 is 0. The van der Waals surface area contributed by atoms with Gasteiger partial charge in [-0.25, -0.2) is 0 Å². The number of nitrogens with two attached hydrogens (primary N) is 1. The fourth-order valence-electron chi connectivity index (χ4n) is 0.431. The fourth-order valence-corrected chi connectivity index (χ4v) is 0.528. The fraction of sp³-hybridized carbons (Fsp3) is 0.429. The Labute approximate surface area is 58.9 Å². The summed E-state index contributed by atoms with van der Waals surface area (Å²) in [5, 5.41) is 1.01. The van der Waals surface area contributed by atoms with E-state index in [1.54, 1.807) is 0 Å². The molecule has 0 fully saturated rings. The predicted octanol–water partition coefficient (Wildman–Crippen LogP) is 1.32. The molecule has 0 bridgehead atoms. The van der Waals surface area contributed by atoms with Crippen molar-refractivity contribution in [3.05, 3.63) is 11.0 Å². The van der Waals surface area contributed by atoms with Gasteiger partial charge in [0.1, 0.15) is 0 Å². The topological polar surface area (TPSA) is 26.0 Å². The van der Waals surface area contributed by atoms with Gasteiger partial charge in [-0.2, -0.15) is 0 Å². The van der Waals surface area contributed by atoms with Crippen LogP contribution in [0.2, 0.25) is 0 Å². The van der Waals surface area contributed by atoms with Gasteiger partial charge in [-0.15, -0.1) is 15.7 Å². The molecule has 0 rings (SSSR count). The van der Waals surface area contributed by atoms with Crippen molar-refractivity contribution in [2.45, 2.75) is 13.8 Å². The molecule has 1 nitrogen and oxygen atoms in total. The van der Waals surface area contributed by atoms with Crippen molar-refractivity contribution in [3.8, 4) is 12.3 Å². The Hall–Kier alpha value is -0.470. The highest BCUT2D eigenvalue weighted by Crippen LogP contribution is 2.18. The van der Waals surface area contributed by atoms with Crippen molar-refractivity contribution in [2.24, 2.45) is 11.7 Å². The van der Waals surface area contributed by atoms with Crippen molar-refractivity contribution in [1.29, 1.82) is 0 Å². The average Bonchev–Trinajstić information content (AvgIpc) is 1.84. The summed E-state index contributed by atoms with van der Waals surface area (Å²) in [7, 11) is 2.55. The Morgan fingerprint density at radius 1 is 1.78 bits per heavy atom. The van der Waals surface area contributed by atoms with Crippen molar-refractivity contribution >= 4 is 9.24 Å². The molecular weight excluding hydrogens is 129 g/mol. The van der Waals surface area contributed by atoms with E-state index in [0.717, 1.165) is 11.0 Å². The van der Waals surface area contributed by atoms with Gasteiger partial charge < -0.3 is 5.73 Å². The minimum Gasteiger partial charge on any atom is -0.402 e. The third kappa shape index (κ3) is 2.54. The molecule has 9 heavy (non-hydrogen) atoms. The molecule has 2 N–H and O–H groups in total. The quantitative estimate of drug-likeness (QED) is 0.432. The van der Waals surface area contributed by atoms with E-state index in [1.807, 2.05) is 13.8 Å².